The molecule has 2 aromatic rings. The number of aliphatic imine (C=N–C) groups is 2. The maximum Gasteiger partial charge on any atom is 0.259 e. The van der Waals surface area contributed by atoms with E-state index in [0.717, 1.165) is 28.9 Å². The number of fused-ring (bicyclic) bond motifs is 3. The van der Waals surface area contributed by atoms with Crippen LogP contribution in [0.1, 0.15) is 37.8 Å². The van der Waals surface area contributed by atoms with Gasteiger partial charge in [0.25, 0.3) is 5.91 Å². The van der Waals surface area contributed by atoms with Gasteiger partial charge in [0.15, 0.2) is 5.17 Å². The summed E-state index contributed by atoms with van der Waals surface area (Å²) >= 11 is 1.28. The molecular formula is C23H24N4O2S. The highest BCUT2D eigenvalue weighted by molar-refractivity contribution is 8.15. The first kappa shape index (κ1) is 20.3. The number of rotatable bonds is 5. The van der Waals surface area contributed by atoms with Gasteiger partial charge in [-0.1, -0.05) is 55.4 Å². The minimum absolute atomic E-state index is 0.0703. The van der Waals surface area contributed by atoms with Crippen LogP contribution in [0.3, 0.4) is 0 Å². The normalized spacial score (nSPS) is 18.3. The van der Waals surface area contributed by atoms with Gasteiger partial charge in [0.2, 0.25) is 5.91 Å². The zero-order valence-electron chi connectivity index (χ0n) is 17.3. The third-order valence-electron chi connectivity index (χ3n) is 5.16. The molecule has 0 saturated carbocycles. The van der Waals surface area contributed by atoms with Crippen LogP contribution in [0.4, 0.5) is 11.4 Å². The van der Waals surface area contributed by atoms with E-state index in [2.05, 4.69) is 5.32 Å². The number of carbonyl (C=O) groups excluding carboxylic acids is 2. The second-order valence-corrected chi connectivity index (χ2v) is 8.71. The van der Waals surface area contributed by atoms with E-state index in [9.17, 15) is 9.59 Å². The first-order chi connectivity index (χ1) is 14.5. The quantitative estimate of drug-likeness (QED) is 0.773. The molecule has 7 heteroatoms. The number of nitrogens with zero attached hydrogens (tertiary/aromatic N) is 3. The van der Waals surface area contributed by atoms with E-state index in [0.29, 0.717) is 17.4 Å². The molecule has 6 nitrogen and oxygen atoms in total. The lowest BCUT2D eigenvalue weighted by atomic mass is 10.1. The van der Waals surface area contributed by atoms with Crippen molar-refractivity contribution in [1.82, 2.24) is 4.90 Å². The Hall–Kier alpha value is -2.93. The summed E-state index contributed by atoms with van der Waals surface area (Å²) in [6.07, 6.45) is 1.57. The van der Waals surface area contributed by atoms with Gasteiger partial charge in [0, 0.05) is 11.3 Å². The van der Waals surface area contributed by atoms with Gasteiger partial charge in [-0.3, -0.25) is 14.6 Å². The van der Waals surface area contributed by atoms with Gasteiger partial charge in [0.05, 0.1) is 10.9 Å². The van der Waals surface area contributed by atoms with Crippen molar-refractivity contribution in [3.05, 3.63) is 59.7 Å². The number of nitrogens with one attached hydrogen (secondary N) is 1. The average Bonchev–Trinajstić information content (AvgIpc) is 3.07. The summed E-state index contributed by atoms with van der Waals surface area (Å²) in [6.45, 7) is 5.82. The van der Waals surface area contributed by atoms with Gasteiger partial charge in [0.1, 0.15) is 11.9 Å². The van der Waals surface area contributed by atoms with Gasteiger partial charge in [-0.05, 0) is 44.0 Å². The Balaban J connectivity index is 1.59. The summed E-state index contributed by atoms with van der Waals surface area (Å²) in [5, 5.41) is 3.04. The van der Waals surface area contributed by atoms with Gasteiger partial charge in [-0.2, -0.15) is 0 Å². The molecule has 30 heavy (non-hydrogen) atoms. The van der Waals surface area contributed by atoms with Crippen molar-refractivity contribution in [2.75, 3.05) is 5.32 Å². The van der Waals surface area contributed by atoms with Crippen molar-refractivity contribution >= 4 is 46.0 Å². The number of benzene rings is 2. The van der Waals surface area contributed by atoms with Crippen LogP contribution in [0.5, 0.6) is 0 Å². The third kappa shape index (κ3) is 3.77. The van der Waals surface area contributed by atoms with Crippen molar-refractivity contribution in [3.63, 3.8) is 0 Å². The maximum absolute atomic E-state index is 13.1. The van der Waals surface area contributed by atoms with Crippen molar-refractivity contribution in [3.8, 4) is 0 Å². The Morgan fingerprint density at radius 1 is 1.20 bits per heavy atom. The Morgan fingerprint density at radius 3 is 2.70 bits per heavy atom. The topological polar surface area (TPSA) is 74.1 Å². The minimum Gasteiger partial charge on any atom is -0.325 e. The molecule has 2 aliphatic rings. The molecule has 4 rings (SSSR count). The van der Waals surface area contributed by atoms with E-state index in [1.807, 2.05) is 69.3 Å². The molecule has 2 atom stereocenters. The van der Waals surface area contributed by atoms with Crippen LogP contribution in [0.2, 0.25) is 0 Å². The average molecular weight is 421 g/mol. The highest BCUT2D eigenvalue weighted by atomic mass is 32.2. The van der Waals surface area contributed by atoms with E-state index in [4.69, 9.17) is 9.98 Å². The number of amidine groups is 2. The lowest BCUT2D eigenvalue weighted by Gasteiger charge is -2.27. The molecule has 0 aromatic heterocycles. The number of carbonyl (C=O) groups is 2. The number of anilines is 1. The van der Waals surface area contributed by atoms with Crippen molar-refractivity contribution in [2.24, 2.45) is 9.98 Å². The molecule has 1 N–H and O–H groups in total. The number of aryl methyl sites for hydroxylation is 1. The number of hydrogen-bond acceptors (Lipinski definition) is 5. The molecule has 2 aliphatic heterocycles. The first-order valence-corrected chi connectivity index (χ1v) is 11.0. The van der Waals surface area contributed by atoms with Crippen molar-refractivity contribution in [1.29, 1.82) is 0 Å². The lowest BCUT2D eigenvalue weighted by Crippen LogP contribution is -2.42. The SMILES string of the molecule is CCCC1N=C2c3ccccc3N=C(SC(C)C(=O)Nc3ccccc3C)N2C1=O. The fourth-order valence-corrected chi connectivity index (χ4v) is 4.42. The molecule has 2 amide bonds. The summed E-state index contributed by atoms with van der Waals surface area (Å²) in [7, 11) is 0. The van der Waals surface area contributed by atoms with Gasteiger partial charge < -0.3 is 5.32 Å². The van der Waals surface area contributed by atoms with Crippen LogP contribution >= 0.6 is 11.8 Å². The van der Waals surface area contributed by atoms with Crippen LogP contribution in [0.25, 0.3) is 0 Å². The first-order valence-electron chi connectivity index (χ1n) is 10.1. The van der Waals surface area contributed by atoms with Gasteiger partial charge in [-0.25, -0.2) is 9.89 Å². The van der Waals surface area contributed by atoms with Gasteiger partial charge in [-0.15, -0.1) is 0 Å². The number of amides is 2. The molecule has 0 bridgehead atoms. The van der Waals surface area contributed by atoms with Gasteiger partial charge >= 0.3 is 0 Å². The Kier molecular flexibility index (Phi) is 5.72. The van der Waals surface area contributed by atoms with Crippen LogP contribution in [-0.2, 0) is 9.59 Å². The van der Waals surface area contributed by atoms with E-state index in [1.165, 1.54) is 11.8 Å². The summed E-state index contributed by atoms with van der Waals surface area (Å²) < 4.78 is 0. The molecule has 154 valence electrons. The summed E-state index contributed by atoms with van der Waals surface area (Å²) in [4.78, 5) is 36.9. The molecule has 0 radical (unpaired) electrons. The zero-order chi connectivity index (χ0) is 21.3. The number of thioether (sulfide) groups is 1. The number of hydrogen-bond donors (Lipinski definition) is 1. The summed E-state index contributed by atoms with van der Waals surface area (Å²) in [5.74, 6) is 0.434. The Morgan fingerprint density at radius 2 is 1.93 bits per heavy atom. The van der Waals surface area contributed by atoms with Crippen LogP contribution < -0.4 is 5.32 Å². The molecule has 0 saturated heterocycles. The molecule has 2 unspecified atom stereocenters. The van der Waals surface area contributed by atoms with E-state index >= 15 is 0 Å². The second-order valence-electron chi connectivity index (χ2n) is 7.41. The van der Waals surface area contributed by atoms with Crippen LogP contribution in [-0.4, -0.2) is 39.0 Å². The Bertz CT molecular complexity index is 1060. The number of para-hydroxylation sites is 2. The standard InChI is InChI=1S/C23H24N4O2S/c1-4-9-19-22(29)27-20(24-19)16-11-6-8-13-18(16)26-23(27)30-15(3)21(28)25-17-12-7-5-10-14(17)2/h5-8,10-13,15,19H,4,9H2,1-3H3,(H,25,28). The third-order valence-corrected chi connectivity index (χ3v) is 6.22. The predicted molar refractivity (Wildman–Crippen MR) is 122 cm³/mol. The molecule has 2 aromatic carbocycles. The fraction of sp³-hybridized carbons (Fsp3) is 0.304. The lowest BCUT2D eigenvalue weighted by molar-refractivity contribution is -0.124. The summed E-state index contributed by atoms with van der Waals surface area (Å²) in [5.41, 5.74) is 3.41. The highest BCUT2D eigenvalue weighted by Gasteiger charge is 2.41. The predicted octanol–water partition coefficient (Wildman–Crippen LogP) is 4.51. The molecular weight excluding hydrogens is 396 g/mol. The second kappa shape index (κ2) is 8.44. The Labute approximate surface area is 180 Å². The minimum atomic E-state index is -0.437. The highest BCUT2D eigenvalue weighted by Crippen LogP contribution is 2.35. The fourth-order valence-electron chi connectivity index (χ4n) is 3.50. The molecule has 2 heterocycles. The summed E-state index contributed by atoms with van der Waals surface area (Å²) in [6, 6.07) is 14.9. The van der Waals surface area contributed by atoms with E-state index in [1.54, 1.807) is 4.90 Å². The van der Waals surface area contributed by atoms with Crippen molar-refractivity contribution in [2.45, 2.75) is 44.9 Å². The monoisotopic (exact) mass is 420 g/mol. The molecule has 0 spiro atoms. The van der Waals surface area contributed by atoms with E-state index in [-0.39, 0.29) is 11.8 Å². The molecule has 0 fully saturated rings. The van der Waals surface area contributed by atoms with Crippen LogP contribution in [0.15, 0.2) is 58.5 Å². The van der Waals surface area contributed by atoms with Crippen LogP contribution in [0, 0.1) is 6.92 Å². The maximum atomic E-state index is 13.1. The van der Waals surface area contributed by atoms with Crippen molar-refractivity contribution < 1.29 is 9.59 Å². The largest absolute Gasteiger partial charge is 0.325 e. The van der Waals surface area contributed by atoms with E-state index < -0.39 is 11.3 Å². The smallest absolute Gasteiger partial charge is 0.259 e. The molecule has 0 aliphatic carbocycles. The zero-order valence-corrected chi connectivity index (χ0v) is 18.1.